The van der Waals surface area contributed by atoms with Gasteiger partial charge in [-0.1, -0.05) is 39.7 Å². The highest BCUT2D eigenvalue weighted by molar-refractivity contribution is 9.10. The molecule has 0 atom stereocenters. The summed E-state index contributed by atoms with van der Waals surface area (Å²) >= 11 is 9.27. The van der Waals surface area contributed by atoms with Crippen molar-refractivity contribution in [3.05, 3.63) is 74.6 Å². The van der Waals surface area contributed by atoms with Crippen molar-refractivity contribution in [3.63, 3.8) is 0 Å². The number of esters is 1. The highest BCUT2D eigenvalue weighted by Gasteiger charge is 2.25. The molecule has 2 aromatic carbocycles. The van der Waals surface area contributed by atoms with Crippen LogP contribution in [-0.4, -0.2) is 11.9 Å². The number of benzene rings is 2. The third-order valence-corrected chi connectivity index (χ3v) is 3.80. The van der Waals surface area contributed by atoms with Gasteiger partial charge in [-0.2, -0.15) is 0 Å². The second-order valence-electron chi connectivity index (χ2n) is 4.48. The van der Waals surface area contributed by atoms with Crippen LogP contribution >= 0.6 is 27.5 Å². The summed E-state index contributed by atoms with van der Waals surface area (Å²) in [5.41, 5.74) is 0.753. The van der Waals surface area contributed by atoms with Crippen molar-refractivity contribution in [1.82, 2.24) is 0 Å². The third-order valence-electron chi connectivity index (χ3n) is 2.97. The van der Waals surface area contributed by atoms with Crippen molar-refractivity contribution >= 4 is 45.5 Å². The molecule has 0 radical (unpaired) electrons. The minimum absolute atomic E-state index is 0.00183. The smallest absolute Gasteiger partial charge is 0.363 e. The van der Waals surface area contributed by atoms with Crippen molar-refractivity contribution in [3.8, 4) is 0 Å². The molecule has 0 saturated carbocycles. The maximum atomic E-state index is 13.8. The zero-order valence-corrected chi connectivity index (χ0v) is 13.4. The average Bonchev–Trinajstić information content (AvgIpc) is 2.84. The van der Waals surface area contributed by atoms with Crippen LogP contribution in [0.25, 0.3) is 6.08 Å². The van der Waals surface area contributed by atoms with Gasteiger partial charge in [0.2, 0.25) is 5.90 Å². The number of ether oxygens (including phenoxy) is 1. The van der Waals surface area contributed by atoms with Gasteiger partial charge in [-0.3, -0.25) is 0 Å². The van der Waals surface area contributed by atoms with E-state index in [0.29, 0.717) is 5.56 Å². The van der Waals surface area contributed by atoms with Gasteiger partial charge in [-0.05, 0) is 36.4 Å². The molecule has 1 heterocycles. The Bertz CT molecular complexity index is 812. The number of hydrogen-bond acceptors (Lipinski definition) is 3. The summed E-state index contributed by atoms with van der Waals surface area (Å²) < 4.78 is 19.7. The lowest BCUT2D eigenvalue weighted by molar-refractivity contribution is -0.129. The second-order valence-corrected chi connectivity index (χ2v) is 5.80. The maximum absolute atomic E-state index is 13.8. The fourth-order valence-electron chi connectivity index (χ4n) is 1.94. The van der Waals surface area contributed by atoms with Crippen molar-refractivity contribution < 1.29 is 13.9 Å². The van der Waals surface area contributed by atoms with Crippen LogP contribution < -0.4 is 0 Å². The van der Waals surface area contributed by atoms with E-state index in [1.807, 2.05) is 6.07 Å². The molecular weight excluding hydrogens is 373 g/mol. The molecule has 0 spiro atoms. The molecule has 0 saturated heterocycles. The zero-order chi connectivity index (χ0) is 15.7. The van der Waals surface area contributed by atoms with Crippen molar-refractivity contribution in [2.24, 2.45) is 4.99 Å². The minimum Gasteiger partial charge on any atom is -0.402 e. The molecule has 0 N–H and O–H groups in total. The molecule has 3 rings (SSSR count). The fraction of sp³-hybridized carbons (Fsp3) is 0. The van der Waals surface area contributed by atoms with E-state index in [1.165, 1.54) is 24.3 Å². The molecule has 110 valence electrons. The van der Waals surface area contributed by atoms with E-state index in [1.54, 1.807) is 18.2 Å². The molecule has 22 heavy (non-hydrogen) atoms. The van der Waals surface area contributed by atoms with Crippen molar-refractivity contribution in [2.45, 2.75) is 0 Å². The number of cyclic esters (lactones) is 1. The molecule has 6 heteroatoms. The lowest BCUT2D eigenvalue weighted by atomic mass is 10.2. The largest absolute Gasteiger partial charge is 0.402 e. The van der Waals surface area contributed by atoms with Gasteiger partial charge >= 0.3 is 5.97 Å². The number of hydrogen-bond donors (Lipinski definition) is 0. The summed E-state index contributed by atoms with van der Waals surface area (Å²) in [4.78, 5) is 16.0. The van der Waals surface area contributed by atoms with Gasteiger partial charge in [0, 0.05) is 15.6 Å². The van der Waals surface area contributed by atoms with Crippen LogP contribution in [0, 0.1) is 5.82 Å². The normalized spacial score (nSPS) is 15.9. The zero-order valence-electron chi connectivity index (χ0n) is 11.0. The minimum atomic E-state index is -0.644. The predicted octanol–water partition coefficient (Wildman–Crippen LogP) is 4.59. The lowest BCUT2D eigenvalue weighted by Crippen LogP contribution is -2.05. The highest BCUT2D eigenvalue weighted by atomic mass is 79.9. The molecule has 0 unspecified atom stereocenters. The van der Waals surface area contributed by atoms with Crippen LogP contribution in [0.5, 0.6) is 0 Å². The Morgan fingerprint density at radius 3 is 2.73 bits per heavy atom. The summed E-state index contributed by atoms with van der Waals surface area (Å²) in [7, 11) is 0. The first-order chi connectivity index (χ1) is 10.5. The molecule has 0 fully saturated rings. The Morgan fingerprint density at radius 1 is 1.23 bits per heavy atom. The topological polar surface area (TPSA) is 38.7 Å². The molecule has 0 amide bonds. The van der Waals surface area contributed by atoms with E-state index in [9.17, 15) is 9.18 Å². The Labute approximate surface area is 139 Å². The van der Waals surface area contributed by atoms with E-state index in [-0.39, 0.29) is 22.2 Å². The maximum Gasteiger partial charge on any atom is 0.363 e. The summed E-state index contributed by atoms with van der Waals surface area (Å²) in [5.74, 6) is -1.00. The van der Waals surface area contributed by atoms with E-state index in [2.05, 4.69) is 20.9 Å². The number of halogens is 3. The van der Waals surface area contributed by atoms with Crippen LogP contribution in [0.1, 0.15) is 11.1 Å². The van der Waals surface area contributed by atoms with Gasteiger partial charge in [0.25, 0.3) is 0 Å². The van der Waals surface area contributed by atoms with E-state index in [4.69, 9.17) is 16.3 Å². The van der Waals surface area contributed by atoms with E-state index < -0.39 is 11.8 Å². The first kappa shape index (κ1) is 14.9. The van der Waals surface area contributed by atoms with Gasteiger partial charge in [0.15, 0.2) is 5.70 Å². The van der Waals surface area contributed by atoms with E-state index in [0.717, 1.165) is 4.47 Å². The van der Waals surface area contributed by atoms with Crippen LogP contribution in [0.15, 0.2) is 57.6 Å². The number of nitrogens with zero attached hydrogens (tertiary/aromatic N) is 1. The quantitative estimate of drug-likeness (QED) is 0.565. The van der Waals surface area contributed by atoms with Crippen LogP contribution in [0.2, 0.25) is 5.02 Å². The third kappa shape index (κ3) is 2.96. The Balaban J connectivity index is 2.02. The van der Waals surface area contributed by atoms with E-state index >= 15 is 0 Å². The average molecular weight is 381 g/mol. The van der Waals surface area contributed by atoms with Crippen LogP contribution in [-0.2, 0) is 9.53 Å². The number of carbonyl (C=O) groups excluding carboxylic acids is 1. The molecule has 0 bridgehead atoms. The molecule has 0 aliphatic carbocycles. The summed E-state index contributed by atoms with van der Waals surface area (Å²) in [6, 6.07) is 11.5. The molecular formula is C16H8BrClFNO2. The standard InChI is InChI=1S/C16H8BrClFNO2/c17-10-4-1-3-9(7-10)15-20-14(16(21)22-15)8-11-12(18)5-2-6-13(11)19/h1-8H/b14-8+. The van der Waals surface area contributed by atoms with Gasteiger partial charge in [-0.15, -0.1) is 0 Å². The van der Waals surface area contributed by atoms with Gasteiger partial charge < -0.3 is 4.74 Å². The second kappa shape index (κ2) is 6.02. The van der Waals surface area contributed by atoms with Gasteiger partial charge in [0.1, 0.15) is 5.82 Å². The number of carbonyl (C=O) groups is 1. The highest BCUT2D eigenvalue weighted by Crippen LogP contribution is 2.25. The number of aliphatic imine (C=N–C) groups is 1. The molecule has 1 aliphatic heterocycles. The first-order valence-corrected chi connectivity index (χ1v) is 7.44. The van der Waals surface area contributed by atoms with Crippen molar-refractivity contribution in [1.29, 1.82) is 0 Å². The predicted molar refractivity (Wildman–Crippen MR) is 86.2 cm³/mol. The van der Waals surface area contributed by atoms with Crippen LogP contribution in [0.4, 0.5) is 4.39 Å². The molecule has 2 aromatic rings. The lowest BCUT2D eigenvalue weighted by Gasteiger charge is -1.99. The molecule has 0 aromatic heterocycles. The Hall–Kier alpha value is -1.98. The SMILES string of the molecule is O=C1OC(c2cccc(Br)c2)=N/C1=C/c1c(F)cccc1Cl. The molecule has 1 aliphatic rings. The van der Waals surface area contributed by atoms with Gasteiger partial charge in [-0.25, -0.2) is 14.2 Å². The van der Waals surface area contributed by atoms with Crippen molar-refractivity contribution in [2.75, 3.05) is 0 Å². The Kier molecular flexibility index (Phi) is 4.09. The monoisotopic (exact) mass is 379 g/mol. The number of rotatable bonds is 2. The summed E-state index contributed by atoms with van der Waals surface area (Å²) in [6.07, 6.45) is 1.28. The van der Waals surface area contributed by atoms with Gasteiger partial charge in [0.05, 0.1) is 5.02 Å². The Morgan fingerprint density at radius 2 is 2.00 bits per heavy atom. The van der Waals surface area contributed by atoms with Crippen LogP contribution in [0.3, 0.4) is 0 Å². The first-order valence-electron chi connectivity index (χ1n) is 6.27. The fourth-order valence-corrected chi connectivity index (χ4v) is 2.56. The summed E-state index contributed by atoms with van der Waals surface area (Å²) in [5, 5.41) is 0.200. The molecule has 3 nitrogen and oxygen atoms in total. The summed E-state index contributed by atoms with van der Waals surface area (Å²) in [6.45, 7) is 0.